The number of aromatic nitrogens is 1. The Bertz CT molecular complexity index is 1340. The first-order chi connectivity index (χ1) is 15.9. The van der Waals surface area contributed by atoms with Crippen LogP contribution in [0.4, 0.5) is 4.39 Å². The molecule has 0 fully saturated rings. The van der Waals surface area contributed by atoms with Crippen LogP contribution in [0.1, 0.15) is 27.2 Å². The van der Waals surface area contributed by atoms with Crippen LogP contribution in [0, 0.1) is 12.7 Å². The molecule has 5 nitrogen and oxygen atoms in total. The standard InChI is InChI=1S/C26H21ClFNO4/c1-16-21(14-25(30)33-15-18-5-3-4-6-23(18)28)22-13-20(32-2)11-12-24(22)29(16)26(31)17-7-9-19(27)10-8-17/h3-13H,14-15H2,1-2H3. The zero-order valence-electron chi connectivity index (χ0n) is 18.1. The third-order valence-corrected chi connectivity index (χ3v) is 5.76. The molecule has 0 spiro atoms. The second-order valence-electron chi connectivity index (χ2n) is 7.52. The van der Waals surface area contributed by atoms with E-state index in [2.05, 4.69) is 0 Å². The largest absolute Gasteiger partial charge is 0.497 e. The lowest BCUT2D eigenvalue weighted by molar-refractivity contribution is -0.144. The van der Waals surface area contributed by atoms with Crippen LogP contribution in [-0.2, 0) is 22.6 Å². The average molecular weight is 466 g/mol. The smallest absolute Gasteiger partial charge is 0.310 e. The van der Waals surface area contributed by atoms with Crippen molar-refractivity contribution in [2.45, 2.75) is 20.0 Å². The number of esters is 1. The van der Waals surface area contributed by atoms with E-state index in [1.807, 2.05) is 0 Å². The van der Waals surface area contributed by atoms with E-state index in [-0.39, 0.29) is 18.9 Å². The summed E-state index contributed by atoms with van der Waals surface area (Å²) in [4.78, 5) is 26.0. The normalized spacial score (nSPS) is 10.9. The van der Waals surface area contributed by atoms with Gasteiger partial charge >= 0.3 is 5.97 Å². The second-order valence-corrected chi connectivity index (χ2v) is 7.96. The summed E-state index contributed by atoms with van der Waals surface area (Å²) in [6.07, 6.45) is -0.0785. The van der Waals surface area contributed by atoms with E-state index in [1.165, 1.54) is 6.07 Å². The fourth-order valence-corrected chi connectivity index (χ4v) is 3.89. The molecule has 3 aromatic carbocycles. The van der Waals surface area contributed by atoms with Gasteiger partial charge in [0.05, 0.1) is 19.0 Å². The Morgan fingerprint density at radius 1 is 1.03 bits per heavy atom. The molecule has 0 saturated heterocycles. The van der Waals surface area contributed by atoms with Crippen LogP contribution in [0.25, 0.3) is 10.9 Å². The van der Waals surface area contributed by atoms with Gasteiger partial charge in [-0.05, 0) is 61.0 Å². The molecule has 0 unspecified atom stereocenters. The van der Waals surface area contributed by atoms with Gasteiger partial charge in [-0.2, -0.15) is 0 Å². The molecule has 0 N–H and O–H groups in total. The summed E-state index contributed by atoms with van der Waals surface area (Å²) >= 11 is 5.96. The minimum atomic E-state index is -0.526. The van der Waals surface area contributed by atoms with Crippen molar-refractivity contribution in [2.24, 2.45) is 0 Å². The molecule has 1 heterocycles. The maximum atomic E-state index is 13.8. The predicted molar refractivity (Wildman–Crippen MR) is 124 cm³/mol. The molecule has 0 bridgehead atoms. The van der Waals surface area contributed by atoms with Crippen molar-refractivity contribution in [2.75, 3.05) is 7.11 Å². The van der Waals surface area contributed by atoms with Crippen molar-refractivity contribution in [1.29, 1.82) is 0 Å². The van der Waals surface area contributed by atoms with Crippen LogP contribution in [0.15, 0.2) is 66.7 Å². The van der Waals surface area contributed by atoms with Crippen molar-refractivity contribution >= 4 is 34.4 Å². The van der Waals surface area contributed by atoms with Crippen LogP contribution in [-0.4, -0.2) is 23.6 Å². The summed E-state index contributed by atoms with van der Waals surface area (Å²) in [6, 6.07) is 18.1. The van der Waals surface area contributed by atoms with Crippen LogP contribution in [0.3, 0.4) is 0 Å². The Balaban J connectivity index is 1.69. The number of carbonyl (C=O) groups excluding carboxylic acids is 2. The van der Waals surface area contributed by atoms with E-state index < -0.39 is 11.8 Å². The third kappa shape index (κ3) is 4.61. The fraction of sp³-hybridized carbons (Fsp3) is 0.154. The van der Waals surface area contributed by atoms with E-state index in [9.17, 15) is 14.0 Å². The first-order valence-corrected chi connectivity index (χ1v) is 10.6. The molecular formula is C26H21ClFNO4. The number of benzene rings is 3. The van der Waals surface area contributed by atoms with Gasteiger partial charge in [0, 0.05) is 27.2 Å². The summed E-state index contributed by atoms with van der Waals surface area (Å²) in [6.45, 7) is 1.61. The first kappa shape index (κ1) is 22.6. The highest BCUT2D eigenvalue weighted by Crippen LogP contribution is 2.31. The average Bonchev–Trinajstić information content (AvgIpc) is 3.09. The summed E-state index contributed by atoms with van der Waals surface area (Å²) in [5.74, 6) is -0.608. The number of rotatable bonds is 6. The van der Waals surface area contributed by atoms with Crippen LogP contribution in [0.5, 0.6) is 5.75 Å². The Morgan fingerprint density at radius 2 is 1.76 bits per heavy atom. The first-order valence-electron chi connectivity index (χ1n) is 10.3. The minimum Gasteiger partial charge on any atom is -0.497 e. The van der Waals surface area contributed by atoms with Gasteiger partial charge in [-0.25, -0.2) is 4.39 Å². The number of methoxy groups -OCH3 is 1. The molecule has 0 aliphatic heterocycles. The molecule has 0 radical (unpaired) electrons. The molecule has 0 atom stereocenters. The van der Waals surface area contributed by atoms with Crippen LogP contribution < -0.4 is 4.74 Å². The summed E-state index contributed by atoms with van der Waals surface area (Å²) < 4.78 is 26.1. The molecule has 0 aliphatic rings. The molecule has 4 aromatic rings. The van der Waals surface area contributed by atoms with Gasteiger partial charge in [0.1, 0.15) is 18.2 Å². The second kappa shape index (κ2) is 9.46. The highest BCUT2D eigenvalue weighted by molar-refractivity contribution is 6.30. The highest BCUT2D eigenvalue weighted by atomic mass is 35.5. The molecule has 4 rings (SSSR count). The van der Waals surface area contributed by atoms with Crippen molar-refractivity contribution < 1.29 is 23.5 Å². The molecule has 0 saturated carbocycles. The SMILES string of the molecule is COc1ccc2c(c1)c(CC(=O)OCc1ccccc1F)c(C)n2C(=O)c1ccc(Cl)cc1. The van der Waals surface area contributed by atoms with Gasteiger partial charge in [0.25, 0.3) is 5.91 Å². The minimum absolute atomic E-state index is 0.0785. The molecule has 0 aliphatic carbocycles. The van der Waals surface area contributed by atoms with E-state index >= 15 is 0 Å². The molecule has 33 heavy (non-hydrogen) atoms. The number of hydrogen-bond acceptors (Lipinski definition) is 4. The van der Waals surface area contributed by atoms with Gasteiger partial charge < -0.3 is 9.47 Å². The lowest BCUT2D eigenvalue weighted by Crippen LogP contribution is -2.14. The van der Waals surface area contributed by atoms with Gasteiger partial charge in [0.15, 0.2) is 0 Å². The lowest BCUT2D eigenvalue weighted by Gasteiger charge is -2.08. The molecule has 0 amide bonds. The van der Waals surface area contributed by atoms with Crippen LogP contribution >= 0.6 is 11.6 Å². The molecular weight excluding hydrogens is 445 g/mol. The maximum Gasteiger partial charge on any atom is 0.310 e. The zero-order valence-corrected chi connectivity index (χ0v) is 18.9. The van der Waals surface area contributed by atoms with Crippen molar-refractivity contribution in [3.8, 4) is 5.75 Å². The van der Waals surface area contributed by atoms with Gasteiger partial charge in [-0.1, -0.05) is 29.8 Å². The number of nitrogens with zero attached hydrogens (tertiary/aromatic N) is 1. The zero-order chi connectivity index (χ0) is 23.5. The Kier molecular flexibility index (Phi) is 6.47. The van der Waals surface area contributed by atoms with Gasteiger partial charge in [0.2, 0.25) is 0 Å². The third-order valence-electron chi connectivity index (χ3n) is 5.50. The number of hydrogen-bond donors (Lipinski definition) is 0. The summed E-state index contributed by atoms with van der Waals surface area (Å²) in [5, 5.41) is 1.24. The van der Waals surface area contributed by atoms with Crippen molar-refractivity contribution in [3.05, 3.63) is 100.0 Å². The Morgan fingerprint density at radius 3 is 2.45 bits per heavy atom. The van der Waals surface area contributed by atoms with Crippen molar-refractivity contribution in [3.63, 3.8) is 0 Å². The monoisotopic (exact) mass is 465 g/mol. The predicted octanol–water partition coefficient (Wildman–Crippen LogP) is 5.73. The molecule has 168 valence electrons. The lowest BCUT2D eigenvalue weighted by atomic mass is 10.1. The van der Waals surface area contributed by atoms with E-state index in [1.54, 1.807) is 79.3 Å². The van der Waals surface area contributed by atoms with E-state index in [0.29, 0.717) is 44.1 Å². The Labute approximate surface area is 195 Å². The van der Waals surface area contributed by atoms with E-state index in [4.69, 9.17) is 21.1 Å². The fourth-order valence-electron chi connectivity index (χ4n) is 3.76. The van der Waals surface area contributed by atoms with Crippen molar-refractivity contribution in [1.82, 2.24) is 4.57 Å². The maximum absolute atomic E-state index is 13.8. The molecule has 1 aromatic heterocycles. The van der Waals surface area contributed by atoms with E-state index in [0.717, 1.165) is 0 Å². The number of halogens is 2. The molecule has 7 heteroatoms. The number of carbonyl (C=O) groups is 2. The number of ether oxygens (including phenoxy) is 2. The summed E-state index contributed by atoms with van der Waals surface area (Å²) in [5.41, 5.74) is 2.66. The number of fused-ring (bicyclic) bond motifs is 1. The quantitative estimate of drug-likeness (QED) is 0.341. The topological polar surface area (TPSA) is 57.5 Å². The Hall–Kier alpha value is -3.64. The van der Waals surface area contributed by atoms with Gasteiger partial charge in [-0.15, -0.1) is 0 Å². The van der Waals surface area contributed by atoms with Crippen LogP contribution in [0.2, 0.25) is 5.02 Å². The summed E-state index contributed by atoms with van der Waals surface area (Å²) in [7, 11) is 1.55. The van der Waals surface area contributed by atoms with Gasteiger partial charge in [-0.3, -0.25) is 14.2 Å². The highest BCUT2D eigenvalue weighted by Gasteiger charge is 2.22.